The maximum absolute atomic E-state index is 12.4. The van der Waals surface area contributed by atoms with Crippen LogP contribution in [0.4, 0.5) is 5.69 Å². The summed E-state index contributed by atoms with van der Waals surface area (Å²) in [6, 6.07) is 15.5. The molecule has 0 aliphatic carbocycles. The van der Waals surface area contributed by atoms with Gasteiger partial charge >= 0.3 is 0 Å². The van der Waals surface area contributed by atoms with Crippen LogP contribution in [0, 0.1) is 0 Å². The highest BCUT2D eigenvalue weighted by atomic mass is 16.1. The second-order valence-electron chi connectivity index (χ2n) is 4.61. The van der Waals surface area contributed by atoms with Crippen molar-refractivity contribution in [2.75, 3.05) is 12.4 Å². The smallest absolute Gasteiger partial charge is 0.193 e. The van der Waals surface area contributed by atoms with Gasteiger partial charge in [0, 0.05) is 23.9 Å². The summed E-state index contributed by atoms with van der Waals surface area (Å²) in [6.07, 6.45) is 2.18. The van der Waals surface area contributed by atoms with E-state index in [2.05, 4.69) is 12.2 Å². The number of carbonyl (C=O) groups excluding carboxylic acids is 1. The molecule has 2 aromatic carbocycles. The minimum Gasteiger partial charge on any atom is -0.388 e. The molecule has 0 spiro atoms. The summed E-state index contributed by atoms with van der Waals surface area (Å²) in [5.74, 6) is 0.0696. The van der Waals surface area contributed by atoms with Gasteiger partial charge in [-0.05, 0) is 24.1 Å². The standard InChI is InChI=1S/C17H19NO/c1-3-5-13-8-10-14(11-9-13)17(19)15-6-4-7-16(12-15)18-2/h4,6-12,18H,3,5H2,1-2H3. The van der Waals surface area contributed by atoms with E-state index in [0.717, 1.165) is 29.7 Å². The van der Waals surface area contributed by atoms with Crippen molar-refractivity contribution in [2.24, 2.45) is 0 Å². The van der Waals surface area contributed by atoms with Crippen LogP contribution in [0.25, 0.3) is 0 Å². The van der Waals surface area contributed by atoms with Crippen molar-refractivity contribution in [2.45, 2.75) is 19.8 Å². The van der Waals surface area contributed by atoms with Crippen LogP contribution in [0.15, 0.2) is 48.5 Å². The molecule has 0 aliphatic rings. The van der Waals surface area contributed by atoms with E-state index in [0.29, 0.717) is 0 Å². The van der Waals surface area contributed by atoms with Gasteiger partial charge in [0.15, 0.2) is 5.78 Å². The fraction of sp³-hybridized carbons (Fsp3) is 0.235. The first-order chi connectivity index (χ1) is 9.24. The van der Waals surface area contributed by atoms with E-state index in [1.807, 2.05) is 55.6 Å². The zero-order valence-electron chi connectivity index (χ0n) is 11.4. The number of hydrogen-bond donors (Lipinski definition) is 1. The van der Waals surface area contributed by atoms with Gasteiger partial charge in [-0.25, -0.2) is 0 Å². The van der Waals surface area contributed by atoms with Gasteiger partial charge in [-0.3, -0.25) is 4.79 Å². The Bertz CT molecular complexity index is 558. The summed E-state index contributed by atoms with van der Waals surface area (Å²) in [5, 5.41) is 3.05. The van der Waals surface area contributed by atoms with E-state index in [9.17, 15) is 4.79 Å². The van der Waals surface area contributed by atoms with Gasteiger partial charge in [0.05, 0.1) is 0 Å². The number of benzene rings is 2. The molecule has 0 aliphatic heterocycles. The molecule has 0 heterocycles. The lowest BCUT2D eigenvalue weighted by Gasteiger charge is -2.05. The quantitative estimate of drug-likeness (QED) is 0.818. The van der Waals surface area contributed by atoms with Crippen molar-refractivity contribution in [3.8, 4) is 0 Å². The molecule has 0 fully saturated rings. The number of anilines is 1. The van der Waals surface area contributed by atoms with Crippen LogP contribution < -0.4 is 5.32 Å². The molecule has 1 N–H and O–H groups in total. The molecule has 0 amide bonds. The minimum atomic E-state index is 0.0696. The summed E-state index contributed by atoms with van der Waals surface area (Å²) in [4.78, 5) is 12.4. The Labute approximate surface area is 114 Å². The highest BCUT2D eigenvalue weighted by Gasteiger charge is 2.09. The second kappa shape index (κ2) is 6.19. The van der Waals surface area contributed by atoms with E-state index in [-0.39, 0.29) is 5.78 Å². The fourth-order valence-electron chi connectivity index (χ4n) is 2.09. The molecule has 98 valence electrons. The topological polar surface area (TPSA) is 29.1 Å². The summed E-state index contributed by atoms with van der Waals surface area (Å²) in [5.41, 5.74) is 3.69. The average molecular weight is 253 g/mol. The Kier molecular flexibility index (Phi) is 4.35. The summed E-state index contributed by atoms with van der Waals surface area (Å²) in [7, 11) is 1.85. The molecule has 2 heteroatoms. The van der Waals surface area contributed by atoms with E-state index >= 15 is 0 Å². The Morgan fingerprint density at radius 3 is 2.42 bits per heavy atom. The van der Waals surface area contributed by atoms with E-state index in [1.54, 1.807) is 0 Å². The molecular weight excluding hydrogens is 234 g/mol. The summed E-state index contributed by atoms with van der Waals surface area (Å²) < 4.78 is 0. The van der Waals surface area contributed by atoms with Crippen LogP contribution in [0.1, 0.15) is 34.8 Å². The maximum atomic E-state index is 12.4. The van der Waals surface area contributed by atoms with Crippen LogP contribution in [0.5, 0.6) is 0 Å². The van der Waals surface area contributed by atoms with Gasteiger partial charge in [-0.2, -0.15) is 0 Å². The second-order valence-corrected chi connectivity index (χ2v) is 4.61. The lowest BCUT2D eigenvalue weighted by Crippen LogP contribution is -2.02. The molecule has 19 heavy (non-hydrogen) atoms. The SMILES string of the molecule is CCCc1ccc(C(=O)c2cccc(NC)c2)cc1. The molecule has 0 bridgehead atoms. The highest BCUT2D eigenvalue weighted by molar-refractivity contribution is 6.09. The predicted octanol–water partition coefficient (Wildman–Crippen LogP) is 3.91. The van der Waals surface area contributed by atoms with Crippen LogP contribution >= 0.6 is 0 Å². The third-order valence-corrected chi connectivity index (χ3v) is 3.17. The van der Waals surface area contributed by atoms with Crippen molar-refractivity contribution in [1.29, 1.82) is 0 Å². The Balaban J connectivity index is 2.22. The number of aryl methyl sites for hydroxylation is 1. The zero-order valence-corrected chi connectivity index (χ0v) is 11.4. The summed E-state index contributed by atoms with van der Waals surface area (Å²) in [6.45, 7) is 2.16. The van der Waals surface area contributed by atoms with Crippen LogP contribution in [0.3, 0.4) is 0 Å². The van der Waals surface area contributed by atoms with Gasteiger partial charge in [0.2, 0.25) is 0 Å². The molecule has 0 saturated heterocycles. The third kappa shape index (κ3) is 3.22. The number of nitrogens with one attached hydrogen (secondary N) is 1. The minimum absolute atomic E-state index is 0.0696. The third-order valence-electron chi connectivity index (χ3n) is 3.17. The molecule has 2 aromatic rings. The number of hydrogen-bond acceptors (Lipinski definition) is 2. The van der Waals surface area contributed by atoms with E-state index in [1.165, 1.54) is 5.56 Å². The number of ketones is 1. The van der Waals surface area contributed by atoms with Crippen molar-refractivity contribution < 1.29 is 4.79 Å². The van der Waals surface area contributed by atoms with Crippen molar-refractivity contribution in [1.82, 2.24) is 0 Å². The summed E-state index contributed by atoms with van der Waals surface area (Å²) >= 11 is 0. The first-order valence-electron chi connectivity index (χ1n) is 6.66. The first-order valence-corrected chi connectivity index (χ1v) is 6.66. The molecule has 0 aromatic heterocycles. The number of carbonyl (C=O) groups is 1. The highest BCUT2D eigenvalue weighted by Crippen LogP contribution is 2.15. The van der Waals surface area contributed by atoms with Gasteiger partial charge in [0.25, 0.3) is 0 Å². The van der Waals surface area contributed by atoms with E-state index in [4.69, 9.17) is 0 Å². The van der Waals surface area contributed by atoms with Gasteiger partial charge in [0.1, 0.15) is 0 Å². The van der Waals surface area contributed by atoms with Gasteiger partial charge in [-0.1, -0.05) is 49.7 Å². The monoisotopic (exact) mass is 253 g/mol. The predicted molar refractivity (Wildman–Crippen MR) is 79.9 cm³/mol. The largest absolute Gasteiger partial charge is 0.388 e. The molecule has 0 saturated carbocycles. The van der Waals surface area contributed by atoms with E-state index < -0.39 is 0 Å². The molecule has 2 nitrogen and oxygen atoms in total. The zero-order chi connectivity index (χ0) is 13.7. The normalized spacial score (nSPS) is 10.2. The lowest BCUT2D eigenvalue weighted by atomic mass is 10.0. The van der Waals surface area contributed by atoms with Crippen molar-refractivity contribution in [3.05, 3.63) is 65.2 Å². The lowest BCUT2D eigenvalue weighted by molar-refractivity contribution is 0.103. The van der Waals surface area contributed by atoms with Crippen molar-refractivity contribution >= 4 is 11.5 Å². The molecule has 2 rings (SSSR count). The molecule has 0 unspecified atom stereocenters. The molecule has 0 radical (unpaired) electrons. The van der Waals surface area contributed by atoms with Crippen LogP contribution in [0.2, 0.25) is 0 Å². The first kappa shape index (κ1) is 13.3. The average Bonchev–Trinajstić information content (AvgIpc) is 2.48. The Morgan fingerprint density at radius 1 is 1.05 bits per heavy atom. The maximum Gasteiger partial charge on any atom is 0.193 e. The van der Waals surface area contributed by atoms with Gasteiger partial charge < -0.3 is 5.32 Å². The fourth-order valence-corrected chi connectivity index (χ4v) is 2.09. The molecular formula is C17H19NO. The van der Waals surface area contributed by atoms with Crippen LogP contribution in [-0.2, 0) is 6.42 Å². The van der Waals surface area contributed by atoms with Gasteiger partial charge in [-0.15, -0.1) is 0 Å². The Morgan fingerprint density at radius 2 is 1.79 bits per heavy atom. The Hall–Kier alpha value is -2.09. The van der Waals surface area contributed by atoms with Crippen LogP contribution in [-0.4, -0.2) is 12.8 Å². The van der Waals surface area contributed by atoms with Crippen molar-refractivity contribution in [3.63, 3.8) is 0 Å². The number of rotatable bonds is 5. The molecule has 0 atom stereocenters.